The number of hydrogen-bond acceptors (Lipinski definition) is 1. The van der Waals surface area contributed by atoms with E-state index in [4.69, 9.17) is 0 Å². The zero-order valence-corrected chi connectivity index (χ0v) is 13.1. The molecule has 0 unspecified atom stereocenters. The van der Waals surface area contributed by atoms with Gasteiger partial charge in [-0.25, -0.2) is 0 Å². The van der Waals surface area contributed by atoms with Crippen LogP contribution in [0.5, 0.6) is 0 Å². The van der Waals surface area contributed by atoms with Gasteiger partial charge in [-0.15, -0.1) is 0 Å². The Labute approximate surface area is 123 Å². The molecule has 0 radical (unpaired) electrons. The maximum atomic E-state index is 12.4. The summed E-state index contributed by atoms with van der Waals surface area (Å²) in [6.07, 6.45) is 13.9. The molecule has 1 heteroatoms. The Morgan fingerprint density at radius 3 is 2.65 bits per heavy atom. The number of carbonyl (C=O) groups is 1. The maximum Gasteiger partial charge on any atom is 0.139 e. The molecule has 0 heterocycles. The van der Waals surface area contributed by atoms with Crippen molar-refractivity contribution in [3.63, 3.8) is 0 Å². The number of carbonyl (C=O) groups excluding carboxylic acids is 1. The molecule has 0 saturated heterocycles. The van der Waals surface area contributed by atoms with E-state index in [2.05, 4.69) is 19.9 Å². The first-order valence-electron chi connectivity index (χ1n) is 8.78. The van der Waals surface area contributed by atoms with E-state index in [1.54, 1.807) is 5.57 Å². The molecule has 0 bridgehead atoms. The van der Waals surface area contributed by atoms with Gasteiger partial charge in [0.05, 0.1) is 0 Å². The van der Waals surface area contributed by atoms with Crippen molar-refractivity contribution in [3.8, 4) is 0 Å². The number of hydrogen-bond donors (Lipinski definition) is 0. The highest BCUT2D eigenvalue weighted by Gasteiger charge is 2.58. The molecule has 3 fully saturated rings. The zero-order valence-electron chi connectivity index (χ0n) is 13.1. The lowest BCUT2D eigenvalue weighted by atomic mass is 9.48. The van der Waals surface area contributed by atoms with E-state index < -0.39 is 0 Å². The lowest BCUT2D eigenvalue weighted by Crippen LogP contribution is -2.49. The van der Waals surface area contributed by atoms with E-state index in [0.717, 1.165) is 18.3 Å². The quantitative estimate of drug-likeness (QED) is 0.573. The van der Waals surface area contributed by atoms with Crippen molar-refractivity contribution >= 4 is 5.78 Å². The molecule has 0 spiro atoms. The number of Topliss-reactive ketones (excluding diaryl/α,β-unsaturated/α-hetero) is 1. The van der Waals surface area contributed by atoms with Crippen LogP contribution >= 0.6 is 0 Å². The van der Waals surface area contributed by atoms with Gasteiger partial charge in [-0.3, -0.25) is 4.79 Å². The lowest BCUT2D eigenvalue weighted by Gasteiger charge is -2.56. The Balaban J connectivity index is 1.71. The smallest absolute Gasteiger partial charge is 0.139 e. The second-order valence-electron chi connectivity index (χ2n) is 8.38. The first-order valence-corrected chi connectivity index (χ1v) is 8.78. The monoisotopic (exact) mass is 272 g/mol. The molecule has 3 saturated carbocycles. The van der Waals surface area contributed by atoms with Crippen molar-refractivity contribution in [2.45, 2.75) is 71.6 Å². The molecule has 4 aliphatic carbocycles. The third kappa shape index (κ3) is 1.53. The van der Waals surface area contributed by atoms with E-state index in [1.165, 1.54) is 51.4 Å². The minimum Gasteiger partial charge on any atom is -0.299 e. The van der Waals surface area contributed by atoms with Crippen molar-refractivity contribution in [1.82, 2.24) is 0 Å². The third-order valence-corrected chi connectivity index (χ3v) is 7.73. The summed E-state index contributed by atoms with van der Waals surface area (Å²) in [5.41, 5.74) is 2.30. The molecule has 5 atom stereocenters. The summed E-state index contributed by atoms with van der Waals surface area (Å²) >= 11 is 0. The molecule has 0 aromatic rings. The predicted octanol–water partition coefficient (Wildman–Crippen LogP) is 4.91. The Morgan fingerprint density at radius 1 is 1.00 bits per heavy atom. The van der Waals surface area contributed by atoms with Gasteiger partial charge < -0.3 is 0 Å². The summed E-state index contributed by atoms with van der Waals surface area (Å²) in [5, 5.41) is 0. The third-order valence-electron chi connectivity index (χ3n) is 7.73. The zero-order chi connectivity index (χ0) is 14.0. The average Bonchev–Trinajstić information content (AvgIpc) is 2.74. The Bertz CT molecular complexity index is 476. The minimum atomic E-state index is 0.0392. The van der Waals surface area contributed by atoms with Gasteiger partial charge in [0.2, 0.25) is 0 Å². The summed E-state index contributed by atoms with van der Waals surface area (Å²) < 4.78 is 0. The molecule has 110 valence electrons. The summed E-state index contributed by atoms with van der Waals surface area (Å²) in [4.78, 5) is 12.4. The van der Waals surface area contributed by atoms with Gasteiger partial charge in [0.15, 0.2) is 0 Å². The molecule has 0 amide bonds. The number of rotatable bonds is 0. The normalized spacial score (nSPS) is 51.0. The molecular weight excluding hydrogens is 244 g/mol. The van der Waals surface area contributed by atoms with E-state index in [1.807, 2.05) is 0 Å². The molecule has 1 nitrogen and oxygen atoms in total. The molecule has 4 rings (SSSR count). The van der Waals surface area contributed by atoms with Gasteiger partial charge in [-0.1, -0.05) is 31.9 Å². The molecular formula is C19H28O. The fourth-order valence-electron chi connectivity index (χ4n) is 6.47. The van der Waals surface area contributed by atoms with Crippen LogP contribution in [0.1, 0.15) is 71.6 Å². The highest BCUT2D eigenvalue weighted by atomic mass is 16.1. The van der Waals surface area contributed by atoms with Gasteiger partial charge in [0, 0.05) is 11.8 Å². The van der Waals surface area contributed by atoms with Gasteiger partial charge in [0.25, 0.3) is 0 Å². The Hall–Kier alpha value is -0.590. The first-order chi connectivity index (χ1) is 9.56. The topological polar surface area (TPSA) is 17.1 Å². The van der Waals surface area contributed by atoms with Crippen molar-refractivity contribution in [2.24, 2.45) is 28.6 Å². The molecule has 0 aromatic heterocycles. The van der Waals surface area contributed by atoms with E-state index >= 15 is 0 Å². The van der Waals surface area contributed by atoms with Crippen molar-refractivity contribution in [3.05, 3.63) is 11.6 Å². The van der Waals surface area contributed by atoms with Crippen LogP contribution in [0.15, 0.2) is 11.6 Å². The van der Waals surface area contributed by atoms with Crippen molar-refractivity contribution in [2.75, 3.05) is 0 Å². The molecule has 0 aliphatic heterocycles. The van der Waals surface area contributed by atoms with E-state index in [-0.39, 0.29) is 5.41 Å². The largest absolute Gasteiger partial charge is 0.299 e. The summed E-state index contributed by atoms with van der Waals surface area (Å²) in [5.74, 6) is 2.92. The highest BCUT2D eigenvalue weighted by Crippen LogP contribution is 2.63. The van der Waals surface area contributed by atoms with Crippen LogP contribution in [-0.2, 0) is 4.79 Å². The number of fused-ring (bicyclic) bond motifs is 5. The van der Waals surface area contributed by atoms with Crippen LogP contribution in [0.2, 0.25) is 0 Å². The SMILES string of the molecule is C[C@]12CC[C@@H]3[C@H](CC=C4CCCC[C@]43C)[C@H]1CCC2=O. The average molecular weight is 272 g/mol. The van der Waals surface area contributed by atoms with Gasteiger partial charge in [-0.05, 0) is 68.1 Å². The predicted molar refractivity (Wildman–Crippen MR) is 81.3 cm³/mol. The number of ketones is 1. The summed E-state index contributed by atoms with van der Waals surface area (Å²) in [6, 6.07) is 0. The lowest BCUT2D eigenvalue weighted by molar-refractivity contribution is -0.131. The number of allylic oxidation sites excluding steroid dienone is 2. The van der Waals surface area contributed by atoms with Crippen LogP contribution in [0.3, 0.4) is 0 Å². The second kappa shape index (κ2) is 4.21. The highest BCUT2D eigenvalue weighted by molar-refractivity contribution is 5.87. The van der Waals surface area contributed by atoms with E-state index in [9.17, 15) is 4.79 Å². The van der Waals surface area contributed by atoms with Gasteiger partial charge in [0.1, 0.15) is 5.78 Å². The fraction of sp³-hybridized carbons (Fsp3) is 0.842. The van der Waals surface area contributed by atoms with Crippen LogP contribution in [0.25, 0.3) is 0 Å². The van der Waals surface area contributed by atoms with Crippen molar-refractivity contribution in [1.29, 1.82) is 0 Å². The van der Waals surface area contributed by atoms with Gasteiger partial charge >= 0.3 is 0 Å². The Kier molecular flexibility index (Phi) is 2.76. The summed E-state index contributed by atoms with van der Waals surface area (Å²) in [7, 11) is 0. The van der Waals surface area contributed by atoms with Crippen LogP contribution in [-0.4, -0.2) is 5.78 Å². The molecule has 20 heavy (non-hydrogen) atoms. The van der Waals surface area contributed by atoms with Crippen LogP contribution < -0.4 is 0 Å². The maximum absolute atomic E-state index is 12.4. The summed E-state index contributed by atoms with van der Waals surface area (Å²) in [6.45, 7) is 4.83. The molecule has 0 aromatic carbocycles. The van der Waals surface area contributed by atoms with Crippen LogP contribution in [0.4, 0.5) is 0 Å². The van der Waals surface area contributed by atoms with E-state index in [0.29, 0.717) is 17.1 Å². The van der Waals surface area contributed by atoms with Gasteiger partial charge in [-0.2, -0.15) is 0 Å². The standard InChI is InChI=1S/C19H28O/c1-18-11-4-3-5-13(18)6-7-14-15-8-9-17(20)19(15,2)12-10-16(14)18/h6,14-16H,3-5,7-12H2,1-2H3/t14-,15-,16-,18-,19+/m1/s1. The van der Waals surface area contributed by atoms with Crippen LogP contribution in [0, 0.1) is 28.6 Å². The minimum absolute atomic E-state index is 0.0392. The molecule has 4 aliphatic rings. The second-order valence-corrected chi connectivity index (χ2v) is 8.38. The van der Waals surface area contributed by atoms with Crippen molar-refractivity contribution < 1.29 is 4.79 Å². The molecule has 0 N–H and O–H groups in total. The fourth-order valence-corrected chi connectivity index (χ4v) is 6.47. The Morgan fingerprint density at radius 2 is 1.80 bits per heavy atom. The first kappa shape index (κ1) is 13.1.